The third-order valence-corrected chi connectivity index (χ3v) is 3.95. The Bertz CT molecular complexity index is 449. The Morgan fingerprint density at radius 2 is 2.21 bits per heavy atom. The topological polar surface area (TPSA) is 41.9 Å². The standard InChI is InChI=1S/C15H21NO3/c1-11-3-2-6-16(8-11)9-13(17)12-4-5-14-15(7-12)19-10-18-14/h4-5,7,11,13,17H,2-3,6,8-10H2,1H3/t11-,13-/m1/s1. The molecule has 1 aromatic rings. The first kappa shape index (κ1) is 12.8. The number of hydrogen-bond acceptors (Lipinski definition) is 4. The number of ether oxygens (including phenoxy) is 2. The van der Waals surface area contributed by atoms with E-state index in [2.05, 4.69) is 11.8 Å². The first-order valence-electron chi connectivity index (χ1n) is 7.02. The molecule has 0 saturated carbocycles. The molecule has 2 aliphatic rings. The van der Waals surface area contributed by atoms with Crippen molar-refractivity contribution in [1.82, 2.24) is 4.90 Å². The van der Waals surface area contributed by atoms with Crippen molar-refractivity contribution in [2.24, 2.45) is 5.92 Å². The Balaban J connectivity index is 1.65. The summed E-state index contributed by atoms with van der Waals surface area (Å²) in [5.74, 6) is 2.24. The maximum Gasteiger partial charge on any atom is 0.231 e. The van der Waals surface area contributed by atoms with Gasteiger partial charge in [-0.2, -0.15) is 0 Å². The SMILES string of the molecule is C[C@@H]1CCCN(C[C@@H](O)c2ccc3c(c2)OCO3)C1. The first-order chi connectivity index (χ1) is 9.22. The zero-order valence-corrected chi connectivity index (χ0v) is 11.3. The molecule has 0 bridgehead atoms. The van der Waals surface area contributed by atoms with E-state index in [0.29, 0.717) is 6.54 Å². The Kier molecular flexibility index (Phi) is 3.62. The molecule has 1 fully saturated rings. The van der Waals surface area contributed by atoms with Crippen LogP contribution in [0.1, 0.15) is 31.4 Å². The number of rotatable bonds is 3. The smallest absolute Gasteiger partial charge is 0.231 e. The van der Waals surface area contributed by atoms with Crippen molar-refractivity contribution in [2.45, 2.75) is 25.9 Å². The fourth-order valence-electron chi connectivity index (χ4n) is 2.92. The van der Waals surface area contributed by atoms with E-state index in [1.165, 1.54) is 12.8 Å². The molecule has 0 amide bonds. The van der Waals surface area contributed by atoms with Crippen molar-refractivity contribution in [3.05, 3.63) is 23.8 Å². The summed E-state index contributed by atoms with van der Waals surface area (Å²) in [6, 6.07) is 5.69. The van der Waals surface area contributed by atoms with Gasteiger partial charge in [0.2, 0.25) is 6.79 Å². The van der Waals surface area contributed by atoms with Crippen LogP contribution in [0.2, 0.25) is 0 Å². The maximum absolute atomic E-state index is 10.4. The van der Waals surface area contributed by atoms with Crippen LogP contribution >= 0.6 is 0 Å². The van der Waals surface area contributed by atoms with Gasteiger partial charge in [0.1, 0.15) is 0 Å². The van der Waals surface area contributed by atoms with Gasteiger partial charge in [-0.15, -0.1) is 0 Å². The van der Waals surface area contributed by atoms with Gasteiger partial charge in [0.15, 0.2) is 11.5 Å². The van der Waals surface area contributed by atoms with Crippen LogP contribution in [0.25, 0.3) is 0 Å². The molecule has 1 aromatic carbocycles. The van der Waals surface area contributed by atoms with Crippen molar-refractivity contribution in [3.8, 4) is 11.5 Å². The monoisotopic (exact) mass is 263 g/mol. The summed E-state index contributed by atoms with van der Waals surface area (Å²) in [5, 5.41) is 10.4. The predicted molar refractivity (Wildman–Crippen MR) is 72.4 cm³/mol. The Labute approximate surface area is 113 Å². The number of β-amino-alcohol motifs (C(OH)–C–C–N with tert-alkyl or cyclic N) is 1. The lowest BCUT2D eigenvalue weighted by atomic mass is 9.99. The van der Waals surface area contributed by atoms with E-state index in [4.69, 9.17) is 9.47 Å². The molecular weight excluding hydrogens is 242 g/mol. The third-order valence-electron chi connectivity index (χ3n) is 3.95. The minimum atomic E-state index is -0.459. The average molecular weight is 263 g/mol. The van der Waals surface area contributed by atoms with Crippen molar-refractivity contribution in [3.63, 3.8) is 0 Å². The number of aliphatic hydroxyl groups is 1. The van der Waals surface area contributed by atoms with Crippen LogP contribution in [-0.2, 0) is 0 Å². The van der Waals surface area contributed by atoms with Gasteiger partial charge in [0.05, 0.1) is 6.10 Å². The van der Waals surface area contributed by atoms with Gasteiger partial charge in [0.25, 0.3) is 0 Å². The molecular formula is C15H21NO3. The molecule has 4 heteroatoms. The molecule has 0 aromatic heterocycles. The minimum Gasteiger partial charge on any atom is -0.454 e. The third kappa shape index (κ3) is 2.85. The molecule has 104 valence electrons. The fraction of sp³-hybridized carbons (Fsp3) is 0.600. The van der Waals surface area contributed by atoms with Crippen LogP contribution < -0.4 is 9.47 Å². The van der Waals surface area contributed by atoms with Crippen LogP contribution in [0.3, 0.4) is 0 Å². The second kappa shape index (κ2) is 5.39. The number of aliphatic hydroxyl groups excluding tert-OH is 1. The predicted octanol–water partition coefficient (Wildman–Crippen LogP) is 2.18. The number of fused-ring (bicyclic) bond motifs is 1. The van der Waals surface area contributed by atoms with Gasteiger partial charge < -0.3 is 19.5 Å². The fourth-order valence-corrected chi connectivity index (χ4v) is 2.92. The molecule has 2 aliphatic heterocycles. The zero-order valence-electron chi connectivity index (χ0n) is 11.3. The second-order valence-corrected chi connectivity index (χ2v) is 5.64. The van der Waals surface area contributed by atoms with Crippen molar-refractivity contribution >= 4 is 0 Å². The minimum absolute atomic E-state index is 0.276. The maximum atomic E-state index is 10.4. The van der Waals surface area contributed by atoms with E-state index in [1.54, 1.807) is 0 Å². The lowest BCUT2D eigenvalue weighted by Crippen LogP contribution is -2.37. The molecule has 2 atom stereocenters. The highest BCUT2D eigenvalue weighted by Gasteiger charge is 2.21. The van der Waals surface area contributed by atoms with E-state index >= 15 is 0 Å². The summed E-state index contributed by atoms with van der Waals surface area (Å²) >= 11 is 0. The molecule has 19 heavy (non-hydrogen) atoms. The van der Waals surface area contributed by atoms with Crippen molar-refractivity contribution in [2.75, 3.05) is 26.4 Å². The normalized spacial score (nSPS) is 24.4. The van der Waals surface area contributed by atoms with E-state index in [-0.39, 0.29) is 6.79 Å². The molecule has 1 saturated heterocycles. The van der Waals surface area contributed by atoms with E-state index in [1.807, 2.05) is 18.2 Å². The highest BCUT2D eigenvalue weighted by atomic mass is 16.7. The number of likely N-dealkylation sites (tertiary alicyclic amines) is 1. The molecule has 2 heterocycles. The summed E-state index contributed by atoms with van der Waals surface area (Å²) in [6.45, 7) is 5.43. The molecule has 0 radical (unpaired) electrons. The van der Waals surface area contributed by atoms with Gasteiger partial charge in [-0.1, -0.05) is 13.0 Å². The molecule has 3 rings (SSSR count). The Morgan fingerprint density at radius 1 is 1.37 bits per heavy atom. The van der Waals surface area contributed by atoms with Crippen LogP contribution in [-0.4, -0.2) is 36.4 Å². The lowest BCUT2D eigenvalue weighted by Gasteiger charge is -2.32. The second-order valence-electron chi connectivity index (χ2n) is 5.64. The Morgan fingerprint density at radius 3 is 3.05 bits per heavy atom. The van der Waals surface area contributed by atoms with Gasteiger partial charge in [-0.3, -0.25) is 0 Å². The lowest BCUT2D eigenvalue weighted by molar-refractivity contribution is 0.0874. The number of nitrogens with zero attached hydrogens (tertiary/aromatic N) is 1. The molecule has 4 nitrogen and oxygen atoms in total. The van der Waals surface area contributed by atoms with Crippen LogP contribution in [0.5, 0.6) is 11.5 Å². The largest absolute Gasteiger partial charge is 0.454 e. The summed E-state index contributed by atoms with van der Waals surface area (Å²) in [5.41, 5.74) is 0.905. The number of hydrogen-bond donors (Lipinski definition) is 1. The highest BCUT2D eigenvalue weighted by Crippen LogP contribution is 2.34. The van der Waals surface area contributed by atoms with Crippen LogP contribution in [0, 0.1) is 5.92 Å². The van der Waals surface area contributed by atoms with E-state index < -0.39 is 6.10 Å². The van der Waals surface area contributed by atoms with Gasteiger partial charge >= 0.3 is 0 Å². The summed E-state index contributed by atoms with van der Waals surface area (Å²) in [7, 11) is 0. The molecule has 1 N–H and O–H groups in total. The van der Waals surface area contributed by atoms with Crippen molar-refractivity contribution in [1.29, 1.82) is 0 Å². The van der Waals surface area contributed by atoms with Crippen molar-refractivity contribution < 1.29 is 14.6 Å². The van der Waals surface area contributed by atoms with Crippen LogP contribution in [0.15, 0.2) is 18.2 Å². The van der Waals surface area contributed by atoms with Gasteiger partial charge in [-0.05, 0) is 43.0 Å². The van der Waals surface area contributed by atoms with E-state index in [9.17, 15) is 5.11 Å². The van der Waals surface area contributed by atoms with E-state index in [0.717, 1.165) is 36.1 Å². The Hall–Kier alpha value is -1.26. The van der Waals surface area contributed by atoms with Gasteiger partial charge in [0, 0.05) is 13.1 Å². The number of benzene rings is 1. The molecule has 0 aliphatic carbocycles. The molecule has 0 unspecified atom stereocenters. The van der Waals surface area contributed by atoms with Crippen LogP contribution in [0.4, 0.5) is 0 Å². The molecule has 0 spiro atoms. The average Bonchev–Trinajstić information content (AvgIpc) is 2.85. The summed E-state index contributed by atoms with van der Waals surface area (Å²) in [6.07, 6.45) is 2.07. The van der Waals surface area contributed by atoms with Gasteiger partial charge in [-0.25, -0.2) is 0 Å². The first-order valence-corrected chi connectivity index (χ1v) is 7.02. The number of piperidine rings is 1. The zero-order chi connectivity index (χ0) is 13.2. The highest BCUT2D eigenvalue weighted by molar-refractivity contribution is 5.45. The summed E-state index contributed by atoms with van der Waals surface area (Å²) in [4.78, 5) is 2.35. The summed E-state index contributed by atoms with van der Waals surface area (Å²) < 4.78 is 10.6. The quantitative estimate of drug-likeness (QED) is 0.907.